The number of ether oxygens (including phenoxy) is 4. The van der Waals surface area contributed by atoms with Gasteiger partial charge in [0.15, 0.2) is 0 Å². The third-order valence-corrected chi connectivity index (χ3v) is 13.4. The topological polar surface area (TPSA) is 46.2 Å². The van der Waals surface area contributed by atoms with Gasteiger partial charge < -0.3 is 23.4 Å². The molecule has 1 heterocycles. The Labute approximate surface area is 218 Å². The van der Waals surface area contributed by atoms with Crippen molar-refractivity contribution in [3.8, 4) is 5.75 Å². The second-order valence-electron chi connectivity index (χ2n) is 10.5. The summed E-state index contributed by atoms with van der Waals surface area (Å²) < 4.78 is 31.2. The summed E-state index contributed by atoms with van der Waals surface area (Å²) in [4.78, 5) is 0. The Kier molecular flexibility index (Phi) is 10.6. The smallest absolute Gasteiger partial charge is 0.200 e. The van der Waals surface area contributed by atoms with Gasteiger partial charge in [0.1, 0.15) is 24.1 Å². The largest absolute Gasteiger partial charge is 0.497 e. The second-order valence-corrected chi connectivity index (χ2v) is 16.0. The normalized spacial score (nSPS) is 20.2. The van der Waals surface area contributed by atoms with Crippen molar-refractivity contribution >= 4 is 8.32 Å². The minimum absolute atomic E-state index is 0.237. The first-order chi connectivity index (χ1) is 17.3. The van der Waals surface area contributed by atoms with Crippen LogP contribution >= 0.6 is 0 Å². The molecule has 0 radical (unpaired) electrons. The Morgan fingerprint density at radius 2 is 1.36 bits per heavy atom. The van der Waals surface area contributed by atoms with Crippen LogP contribution in [0.4, 0.5) is 0 Å². The second kappa shape index (κ2) is 13.4. The Morgan fingerprint density at radius 3 is 1.94 bits per heavy atom. The molecule has 0 bridgehead atoms. The van der Waals surface area contributed by atoms with Crippen LogP contribution in [0.1, 0.15) is 52.7 Å². The lowest BCUT2D eigenvalue weighted by molar-refractivity contribution is -0.139. The number of hydrogen-bond donors (Lipinski definition) is 0. The van der Waals surface area contributed by atoms with Crippen LogP contribution in [0.2, 0.25) is 16.6 Å². The summed E-state index contributed by atoms with van der Waals surface area (Å²) in [5, 5.41) is 0. The molecule has 2 aromatic rings. The molecule has 0 saturated heterocycles. The highest BCUT2D eigenvalue weighted by Gasteiger charge is 2.46. The van der Waals surface area contributed by atoms with Crippen LogP contribution < -0.4 is 4.74 Å². The fourth-order valence-electron chi connectivity index (χ4n) is 5.52. The van der Waals surface area contributed by atoms with Crippen LogP contribution in [0.15, 0.2) is 66.9 Å². The first kappa shape index (κ1) is 28.4. The molecular weight excluding hydrogens is 468 g/mol. The molecule has 0 spiro atoms. The van der Waals surface area contributed by atoms with Crippen molar-refractivity contribution in [3.63, 3.8) is 0 Å². The lowest BCUT2D eigenvalue weighted by Crippen LogP contribution is -2.52. The molecule has 2 aromatic carbocycles. The van der Waals surface area contributed by atoms with Crippen LogP contribution in [0, 0.1) is 0 Å². The summed E-state index contributed by atoms with van der Waals surface area (Å²) in [6.45, 7) is 15.3. The van der Waals surface area contributed by atoms with Crippen molar-refractivity contribution in [2.45, 2.75) is 89.7 Å². The van der Waals surface area contributed by atoms with E-state index in [0.29, 0.717) is 36.4 Å². The van der Waals surface area contributed by atoms with Gasteiger partial charge in [0, 0.05) is 0 Å². The van der Waals surface area contributed by atoms with E-state index in [2.05, 4.69) is 53.7 Å². The van der Waals surface area contributed by atoms with Gasteiger partial charge in [-0.15, -0.1) is 0 Å². The quantitative estimate of drug-likeness (QED) is 0.264. The van der Waals surface area contributed by atoms with Crippen LogP contribution in [0.5, 0.6) is 5.75 Å². The highest BCUT2D eigenvalue weighted by molar-refractivity contribution is 6.77. The number of hydrogen-bond acceptors (Lipinski definition) is 5. The van der Waals surface area contributed by atoms with Crippen LogP contribution in [-0.4, -0.2) is 40.3 Å². The van der Waals surface area contributed by atoms with E-state index in [1.165, 1.54) is 0 Å². The zero-order valence-corrected chi connectivity index (χ0v) is 24.0. The minimum atomic E-state index is -2.05. The minimum Gasteiger partial charge on any atom is -0.497 e. The SMILES string of the molecule is COc1ccc(CO[C@H]2[C@H](OCc3ccccc3)C=CO[C@@H]2CO[Si](C(C)C)(C(C)C)C(C)C)cc1. The van der Waals surface area contributed by atoms with Crippen molar-refractivity contribution < 1.29 is 23.4 Å². The molecule has 0 aliphatic carbocycles. The van der Waals surface area contributed by atoms with Gasteiger partial charge in [0.25, 0.3) is 0 Å². The van der Waals surface area contributed by atoms with E-state index in [1.807, 2.05) is 48.5 Å². The molecule has 198 valence electrons. The summed E-state index contributed by atoms with van der Waals surface area (Å²) in [5.41, 5.74) is 3.70. The maximum atomic E-state index is 6.91. The zero-order chi connectivity index (χ0) is 26.1. The standard InChI is InChI=1S/C30H44O5Si/c1-22(2)36(23(3)4,24(5)6)35-21-29-30(34-20-26-13-15-27(31-7)16-14-26)28(17-18-32-29)33-19-25-11-9-8-10-12-25/h8-18,22-24,28-30H,19-21H2,1-7H3/t28-,29-,30+/m1/s1. The highest BCUT2D eigenvalue weighted by Crippen LogP contribution is 2.42. The molecule has 0 fully saturated rings. The zero-order valence-electron chi connectivity index (χ0n) is 23.0. The Balaban J connectivity index is 1.77. The summed E-state index contributed by atoms with van der Waals surface area (Å²) in [6.07, 6.45) is 2.92. The van der Waals surface area contributed by atoms with E-state index in [1.54, 1.807) is 13.4 Å². The van der Waals surface area contributed by atoms with E-state index in [9.17, 15) is 0 Å². The third-order valence-electron chi connectivity index (χ3n) is 7.30. The van der Waals surface area contributed by atoms with Gasteiger partial charge >= 0.3 is 0 Å². The van der Waals surface area contributed by atoms with Gasteiger partial charge in [-0.1, -0.05) is 84.0 Å². The lowest BCUT2D eigenvalue weighted by atomic mass is 10.1. The van der Waals surface area contributed by atoms with E-state index >= 15 is 0 Å². The van der Waals surface area contributed by atoms with Crippen LogP contribution in [-0.2, 0) is 31.9 Å². The maximum Gasteiger partial charge on any atom is 0.200 e. The van der Waals surface area contributed by atoms with Crippen LogP contribution in [0.3, 0.4) is 0 Å². The number of methoxy groups -OCH3 is 1. The van der Waals surface area contributed by atoms with E-state index < -0.39 is 8.32 Å². The van der Waals surface area contributed by atoms with Gasteiger partial charge in [0.05, 0.1) is 33.2 Å². The third kappa shape index (κ3) is 7.00. The molecule has 3 rings (SSSR count). The monoisotopic (exact) mass is 512 g/mol. The molecule has 0 unspecified atom stereocenters. The Morgan fingerprint density at radius 1 is 0.778 bits per heavy atom. The van der Waals surface area contributed by atoms with E-state index in [-0.39, 0.29) is 18.3 Å². The first-order valence-electron chi connectivity index (χ1n) is 13.1. The first-order valence-corrected chi connectivity index (χ1v) is 15.3. The highest BCUT2D eigenvalue weighted by atomic mass is 28.4. The molecular formula is C30H44O5Si. The van der Waals surface area contributed by atoms with E-state index in [4.69, 9.17) is 23.4 Å². The molecule has 1 aliphatic rings. The van der Waals surface area contributed by atoms with Gasteiger partial charge in [-0.2, -0.15) is 0 Å². The van der Waals surface area contributed by atoms with Crippen molar-refractivity contribution in [2.75, 3.05) is 13.7 Å². The van der Waals surface area contributed by atoms with Crippen molar-refractivity contribution in [1.82, 2.24) is 0 Å². The fraction of sp³-hybridized carbons (Fsp3) is 0.533. The maximum absolute atomic E-state index is 6.91. The molecule has 3 atom stereocenters. The summed E-state index contributed by atoms with van der Waals surface area (Å²) >= 11 is 0. The fourth-order valence-corrected chi connectivity index (χ4v) is 11.0. The Bertz CT molecular complexity index is 904. The van der Waals surface area contributed by atoms with Gasteiger partial charge in [-0.25, -0.2) is 0 Å². The van der Waals surface area contributed by atoms with Gasteiger partial charge in [-0.3, -0.25) is 0 Å². The number of rotatable bonds is 13. The molecule has 0 amide bonds. The predicted octanol–water partition coefficient (Wildman–Crippen LogP) is 7.27. The molecule has 0 aromatic heterocycles. The van der Waals surface area contributed by atoms with Gasteiger partial charge in [0.2, 0.25) is 8.32 Å². The van der Waals surface area contributed by atoms with Crippen molar-refractivity contribution in [3.05, 3.63) is 78.1 Å². The molecule has 36 heavy (non-hydrogen) atoms. The van der Waals surface area contributed by atoms with Crippen molar-refractivity contribution in [2.24, 2.45) is 0 Å². The van der Waals surface area contributed by atoms with Gasteiger partial charge in [-0.05, 0) is 46.0 Å². The summed E-state index contributed by atoms with van der Waals surface area (Å²) in [5.74, 6) is 0.829. The van der Waals surface area contributed by atoms with Crippen molar-refractivity contribution in [1.29, 1.82) is 0 Å². The average molecular weight is 513 g/mol. The van der Waals surface area contributed by atoms with E-state index in [0.717, 1.165) is 16.9 Å². The number of benzene rings is 2. The Hall–Kier alpha value is -2.12. The van der Waals surface area contributed by atoms with Crippen LogP contribution in [0.25, 0.3) is 0 Å². The molecule has 6 heteroatoms. The molecule has 0 N–H and O–H groups in total. The summed E-state index contributed by atoms with van der Waals surface area (Å²) in [7, 11) is -0.374. The summed E-state index contributed by atoms with van der Waals surface area (Å²) in [6, 6.07) is 18.2. The molecule has 1 aliphatic heterocycles. The predicted molar refractivity (Wildman–Crippen MR) is 148 cm³/mol. The molecule has 0 saturated carbocycles. The lowest BCUT2D eigenvalue weighted by Gasteiger charge is -2.44. The average Bonchev–Trinajstić information content (AvgIpc) is 2.87. The molecule has 5 nitrogen and oxygen atoms in total.